The number of piperidine rings is 1. The molecule has 0 bridgehead atoms. The van der Waals surface area contributed by atoms with E-state index in [1.54, 1.807) is 0 Å². The van der Waals surface area contributed by atoms with E-state index in [9.17, 15) is 4.79 Å². The minimum atomic E-state index is 0.164. The molecule has 6 nitrogen and oxygen atoms in total. The van der Waals surface area contributed by atoms with E-state index in [-0.39, 0.29) is 5.91 Å². The molecule has 2 N–H and O–H groups in total. The highest BCUT2D eigenvalue weighted by Gasteiger charge is 2.23. The molecule has 2 heterocycles. The number of anilines is 2. The van der Waals surface area contributed by atoms with E-state index in [0.29, 0.717) is 18.4 Å². The second kappa shape index (κ2) is 10.1. The molecule has 4 rings (SSSR count). The number of nitrogens with zero attached hydrogens (tertiary/aromatic N) is 3. The molecule has 1 aromatic heterocycles. The third-order valence-corrected chi connectivity index (χ3v) is 6.84. The van der Waals surface area contributed by atoms with Gasteiger partial charge < -0.3 is 15.1 Å². The fourth-order valence-electron chi connectivity index (χ4n) is 4.94. The van der Waals surface area contributed by atoms with Gasteiger partial charge in [0.1, 0.15) is 0 Å². The van der Waals surface area contributed by atoms with Gasteiger partial charge in [0.2, 0.25) is 5.91 Å². The van der Waals surface area contributed by atoms with Crippen LogP contribution in [0.4, 0.5) is 11.4 Å². The van der Waals surface area contributed by atoms with Gasteiger partial charge in [-0.25, -0.2) is 0 Å². The van der Waals surface area contributed by atoms with Crippen molar-refractivity contribution in [1.82, 2.24) is 15.1 Å². The van der Waals surface area contributed by atoms with Crippen LogP contribution in [-0.2, 0) is 11.2 Å². The molecule has 162 valence electrons. The second-order valence-electron chi connectivity index (χ2n) is 9.01. The number of carbonyl (C=O) groups is 1. The molecule has 1 saturated heterocycles. The Balaban J connectivity index is 1.25. The Morgan fingerprint density at radius 2 is 2.03 bits per heavy atom. The highest BCUT2D eigenvalue weighted by atomic mass is 16.1. The minimum Gasteiger partial charge on any atom is -0.371 e. The quantitative estimate of drug-likeness (QED) is 0.690. The molecule has 1 aromatic carbocycles. The molecule has 1 amide bonds. The van der Waals surface area contributed by atoms with Gasteiger partial charge in [-0.2, -0.15) is 5.10 Å². The van der Waals surface area contributed by atoms with E-state index in [1.165, 1.54) is 49.8 Å². The normalized spacial score (nSPS) is 18.3. The Morgan fingerprint density at radius 3 is 2.77 bits per heavy atom. The van der Waals surface area contributed by atoms with Crippen molar-refractivity contribution >= 4 is 17.3 Å². The SMILES string of the molecule is CN(CCc1cn[nH]c1)C1CCN(c2cccc(NC(=O)CC3CCCC3)c2)CC1. The Bertz CT molecular complexity index is 792. The smallest absolute Gasteiger partial charge is 0.224 e. The monoisotopic (exact) mass is 409 g/mol. The molecule has 6 heteroatoms. The van der Waals surface area contributed by atoms with E-state index in [2.05, 4.69) is 50.6 Å². The van der Waals surface area contributed by atoms with Gasteiger partial charge in [0.15, 0.2) is 0 Å². The summed E-state index contributed by atoms with van der Waals surface area (Å²) in [5, 5.41) is 10.0. The number of likely N-dealkylation sites (N-methyl/N-ethyl adjacent to an activating group) is 1. The summed E-state index contributed by atoms with van der Waals surface area (Å²) in [4.78, 5) is 17.3. The number of nitrogens with one attached hydrogen (secondary N) is 2. The standard InChI is InChI=1S/C24H35N5O/c1-28(12-9-20-17-25-26-18-20)22-10-13-29(14-11-22)23-8-4-7-21(16-23)27-24(30)15-19-5-2-3-6-19/h4,7-8,16-19,22H,2-3,5-6,9-15H2,1H3,(H,25,26)(H,27,30). The van der Waals surface area contributed by atoms with Crippen molar-refractivity contribution in [3.05, 3.63) is 42.2 Å². The average molecular weight is 410 g/mol. The van der Waals surface area contributed by atoms with Crippen LogP contribution in [0, 0.1) is 5.92 Å². The summed E-state index contributed by atoms with van der Waals surface area (Å²) in [6.45, 7) is 3.17. The van der Waals surface area contributed by atoms with Crippen molar-refractivity contribution < 1.29 is 4.79 Å². The second-order valence-corrected chi connectivity index (χ2v) is 9.01. The van der Waals surface area contributed by atoms with Gasteiger partial charge in [-0.3, -0.25) is 9.89 Å². The third-order valence-electron chi connectivity index (χ3n) is 6.84. The molecule has 30 heavy (non-hydrogen) atoms. The third kappa shape index (κ3) is 5.63. The van der Waals surface area contributed by atoms with Crippen LogP contribution >= 0.6 is 0 Å². The molecule has 2 fully saturated rings. The number of benzene rings is 1. The van der Waals surface area contributed by atoms with Crippen LogP contribution in [0.15, 0.2) is 36.7 Å². The maximum absolute atomic E-state index is 12.4. The van der Waals surface area contributed by atoms with E-state index < -0.39 is 0 Å². The Kier molecular flexibility index (Phi) is 7.05. The van der Waals surface area contributed by atoms with Crippen LogP contribution in [0.25, 0.3) is 0 Å². The largest absolute Gasteiger partial charge is 0.371 e. The van der Waals surface area contributed by atoms with Crippen LogP contribution in [0.2, 0.25) is 0 Å². The molecule has 0 spiro atoms. The number of H-pyrrole nitrogens is 1. The summed E-state index contributed by atoms with van der Waals surface area (Å²) in [5.74, 6) is 0.745. The molecule has 0 unspecified atom stereocenters. The average Bonchev–Trinajstić information content (AvgIpc) is 3.46. The molecule has 2 aliphatic rings. The molecule has 1 aliphatic carbocycles. The van der Waals surface area contributed by atoms with Gasteiger partial charge in [0, 0.05) is 49.7 Å². The Labute approximate surface area is 180 Å². The molecule has 0 atom stereocenters. The van der Waals surface area contributed by atoms with Gasteiger partial charge in [0.05, 0.1) is 6.20 Å². The Morgan fingerprint density at radius 1 is 1.23 bits per heavy atom. The van der Waals surface area contributed by atoms with Gasteiger partial charge in [-0.15, -0.1) is 0 Å². The highest BCUT2D eigenvalue weighted by Crippen LogP contribution is 2.29. The first-order valence-corrected chi connectivity index (χ1v) is 11.5. The lowest BCUT2D eigenvalue weighted by Crippen LogP contribution is -2.44. The van der Waals surface area contributed by atoms with E-state index in [0.717, 1.165) is 31.7 Å². The summed E-state index contributed by atoms with van der Waals surface area (Å²) in [6.07, 6.45) is 12.9. The van der Waals surface area contributed by atoms with Crippen molar-refractivity contribution in [3.8, 4) is 0 Å². The van der Waals surface area contributed by atoms with E-state index in [1.807, 2.05) is 18.5 Å². The lowest BCUT2D eigenvalue weighted by Gasteiger charge is -2.38. The maximum atomic E-state index is 12.4. The molecule has 0 radical (unpaired) electrons. The molecule has 1 saturated carbocycles. The van der Waals surface area contributed by atoms with Crippen LogP contribution in [0.1, 0.15) is 50.5 Å². The van der Waals surface area contributed by atoms with Crippen molar-refractivity contribution in [1.29, 1.82) is 0 Å². The van der Waals surface area contributed by atoms with E-state index >= 15 is 0 Å². The first-order valence-electron chi connectivity index (χ1n) is 11.5. The van der Waals surface area contributed by atoms with Crippen molar-refractivity contribution in [3.63, 3.8) is 0 Å². The number of amides is 1. The molecule has 2 aromatic rings. The van der Waals surface area contributed by atoms with Crippen molar-refractivity contribution in [2.45, 2.75) is 57.4 Å². The summed E-state index contributed by atoms with van der Waals surface area (Å²) in [5.41, 5.74) is 3.41. The molecular formula is C24H35N5O. The zero-order valence-electron chi connectivity index (χ0n) is 18.1. The fourth-order valence-corrected chi connectivity index (χ4v) is 4.94. The molecular weight excluding hydrogens is 374 g/mol. The number of carbonyl (C=O) groups excluding carboxylic acids is 1. The zero-order chi connectivity index (χ0) is 20.8. The van der Waals surface area contributed by atoms with E-state index in [4.69, 9.17) is 0 Å². The first-order chi connectivity index (χ1) is 14.7. The summed E-state index contributed by atoms with van der Waals surface area (Å²) in [7, 11) is 2.24. The summed E-state index contributed by atoms with van der Waals surface area (Å²) in [6, 6.07) is 8.99. The van der Waals surface area contributed by atoms with Crippen molar-refractivity contribution in [2.24, 2.45) is 5.92 Å². The van der Waals surface area contributed by atoms with Crippen LogP contribution < -0.4 is 10.2 Å². The predicted octanol–water partition coefficient (Wildman–Crippen LogP) is 4.07. The number of aromatic amines is 1. The Hall–Kier alpha value is -2.34. The van der Waals surface area contributed by atoms with Crippen LogP contribution in [0.5, 0.6) is 0 Å². The predicted molar refractivity (Wildman–Crippen MR) is 122 cm³/mol. The number of rotatable bonds is 8. The van der Waals surface area contributed by atoms with Crippen LogP contribution in [0.3, 0.4) is 0 Å². The van der Waals surface area contributed by atoms with Gasteiger partial charge in [-0.05, 0) is 68.8 Å². The summed E-state index contributed by atoms with van der Waals surface area (Å²) >= 11 is 0. The lowest BCUT2D eigenvalue weighted by molar-refractivity contribution is -0.117. The fraction of sp³-hybridized carbons (Fsp3) is 0.583. The summed E-state index contributed by atoms with van der Waals surface area (Å²) < 4.78 is 0. The van der Waals surface area contributed by atoms with Gasteiger partial charge in [0.25, 0.3) is 0 Å². The highest BCUT2D eigenvalue weighted by molar-refractivity contribution is 5.91. The topological polar surface area (TPSA) is 64.3 Å². The lowest BCUT2D eigenvalue weighted by atomic mass is 10.0. The maximum Gasteiger partial charge on any atom is 0.224 e. The molecule has 1 aliphatic heterocycles. The van der Waals surface area contributed by atoms with Gasteiger partial charge in [-0.1, -0.05) is 18.9 Å². The zero-order valence-corrected chi connectivity index (χ0v) is 18.1. The first kappa shape index (κ1) is 20.9. The van der Waals surface area contributed by atoms with Gasteiger partial charge >= 0.3 is 0 Å². The van der Waals surface area contributed by atoms with Crippen LogP contribution in [-0.4, -0.2) is 53.7 Å². The van der Waals surface area contributed by atoms with Crippen molar-refractivity contribution in [2.75, 3.05) is 36.9 Å². The number of hydrogen-bond acceptors (Lipinski definition) is 4. The minimum absolute atomic E-state index is 0.164. The number of hydrogen-bond donors (Lipinski definition) is 2. The number of aromatic nitrogens is 2.